The third kappa shape index (κ3) is 6.71. The van der Waals surface area contributed by atoms with E-state index in [4.69, 9.17) is 11.1 Å². The molecule has 0 saturated heterocycles. The molecule has 16 heteroatoms. The average Bonchev–Trinajstić information content (AvgIpc) is 2.68. The fraction of sp³-hybridized carbons (Fsp3) is 0.118. The Morgan fingerprint density at radius 2 is 1.67 bits per heavy atom. The van der Waals surface area contributed by atoms with Crippen LogP contribution in [0.25, 0.3) is 5.57 Å². The van der Waals surface area contributed by atoms with Gasteiger partial charge in [-0.1, -0.05) is 19.4 Å². The second kappa shape index (κ2) is 7.79. The van der Waals surface area contributed by atoms with E-state index < -0.39 is 50.1 Å². The van der Waals surface area contributed by atoms with E-state index >= 15 is 0 Å². The van der Waals surface area contributed by atoms with E-state index in [0.29, 0.717) is 11.3 Å². The van der Waals surface area contributed by atoms with Crippen molar-refractivity contribution in [2.45, 2.75) is 18.0 Å². The second-order valence-electron chi connectivity index (χ2n) is 6.44. The van der Waals surface area contributed by atoms with Crippen molar-refractivity contribution in [2.75, 3.05) is 0 Å². The summed E-state index contributed by atoms with van der Waals surface area (Å²) in [5, 5.41) is 11.5. The highest BCUT2D eigenvalue weighted by molar-refractivity contribution is 8.45. The van der Waals surface area contributed by atoms with Gasteiger partial charge in [0.25, 0.3) is 5.91 Å². The summed E-state index contributed by atoms with van der Waals surface area (Å²) >= 11 is 0. The molecule has 0 aliphatic carbocycles. The van der Waals surface area contributed by atoms with E-state index in [-0.39, 0.29) is 23.3 Å². The number of nitrogens with two attached hydrogens (primary N) is 1. The monoisotopic (exact) mass is 502 g/mol. The fourth-order valence-corrected chi connectivity index (χ4v) is 3.07. The Kier molecular flexibility index (Phi) is 6.06. The van der Waals surface area contributed by atoms with Crippen LogP contribution in [0.2, 0.25) is 0 Å². The third-order valence-electron chi connectivity index (χ3n) is 3.89. The van der Waals surface area contributed by atoms with Gasteiger partial charge in [-0.15, -0.1) is 0 Å². The van der Waals surface area contributed by atoms with Crippen LogP contribution >= 0.6 is 10.2 Å². The largest absolute Gasteiger partial charge is 0.416 e. The highest BCUT2D eigenvalue weighted by Crippen LogP contribution is 3.02. The second-order valence-corrected chi connectivity index (χ2v) is 8.85. The van der Waals surface area contributed by atoms with Crippen LogP contribution in [0.3, 0.4) is 0 Å². The first-order valence-corrected chi connectivity index (χ1v) is 10.3. The van der Waals surface area contributed by atoms with Crippen LogP contribution in [0.5, 0.6) is 0 Å². The van der Waals surface area contributed by atoms with Gasteiger partial charge in [-0.3, -0.25) is 10.2 Å². The van der Waals surface area contributed by atoms with Gasteiger partial charge >= 0.3 is 16.4 Å². The highest BCUT2D eigenvalue weighted by Gasteiger charge is 2.66. The number of halogens is 8. The Balaban J connectivity index is 2.65. The molecule has 1 amide bonds. The molecule has 0 aliphatic rings. The number of hydrogen-bond acceptors (Lipinski definition) is 5. The van der Waals surface area contributed by atoms with E-state index in [1.54, 1.807) is 0 Å². The molecule has 3 N–H and O–H groups in total. The highest BCUT2D eigenvalue weighted by atomic mass is 32.5. The van der Waals surface area contributed by atoms with Crippen molar-refractivity contribution >= 4 is 33.8 Å². The van der Waals surface area contributed by atoms with E-state index in [2.05, 4.69) is 15.1 Å². The summed E-state index contributed by atoms with van der Waals surface area (Å²) in [6.07, 6.45) is -0.651. The normalized spacial score (nSPS) is 15.4. The maximum atomic E-state index is 13.2. The van der Waals surface area contributed by atoms with Crippen molar-refractivity contribution < 1.29 is 37.4 Å². The predicted molar refractivity (Wildman–Crippen MR) is 105 cm³/mol. The summed E-state index contributed by atoms with van der Waals surface area (Å²) in [6, 6.07) is -0.674. The van der Waals surface area contributed by atoms with Crippen molar-refractivity contribution in [2.24, 2.45) is 10.8 Å². The lowest BCUT2D eigenvalue weighted by molar-refractivity contribution is -0.137. The molecule has 0 spiro atoms. The van der Waals surface area contributed by atoms with Crippen LogP contribution in [0.15, 0.2) is 53.1 Å². The number of amides is 1. The molecule has 1 aromatic carbocycles. The Morgan fingerprint density at radius 1 is 1.09 bits per heavy atom. The molecular weight excluding hydrogens is 488 g/mol. The molecule has 1 aromatic heterocycles. The van der Waals surface area contributed by atoms with Gasteiger partial charge in [-0.05, 0) is 30.7 Å². The molecule has 33 heavy (non-hydrogen) atoms. The minimum atomic E-state index is -10.5. The summed E-state index contributed by atoms with van der Waals surface area (Å²) < 4.78 is 105. The van der Waals surface area contributed by atoms with Gasteiger partial charge in [-0.25, -0.2) is 15.0 Å². The van der Waals surface area contributed by atoms with Crippen molar-refractivity contribution in [1.29, 1.82) is 5.41 Å². The number of nitrogens with one attached hydrogen (secondary N) is 1. The standard InChI is InChI=1S/C17H14F8N6OS/c1-10(30-31(8-26)7-15(16(27)32)12-5-28-9-29-6-12)11-2-13(17(18,19)20)4-14(3-11)33(21,22,23,24)25/h2-9,26H,1H3,(H2,27,32)/b15-7+,26-8?,30-10+. The Labute approximate surface area is 180 Å². The Bertz CT molecular complexity index is 1150. The molecule has 0 aliphatic heterocycles. The van der Waals surface area contributed by atoms with Crippen LogP contribution in [0.1, 0.15) is 23.6 Å². The summed E-state index contributed by atoms with van der Waals surface area (Å²) in [5.41, 5.74) is 1.45. The lowest BCUT2D eigenvalue weighted by Crippen LogP contribution is -2.18. The summed E-state index contributed by atoms with van der Waals surface area (Å²) in [7, 11) is -10.5. The number of benzene rings is 1. The number of nitrogens with zero attached hydrogens (tertiary/aromatic N) is 4. The topological polar surface area (TPSA) is 108 Å². The molecule has 0 unspecified atom stereocenters. The minimum absolute atomic E-state index is 0.0620. The van der Waals surface area contributed by atoms with Crippen LogP contribution in [-0.2, 0) is 11.0 Å². The van der Waals surface area contributed by atoms with Gasteiger partial charge in [0.2, 0.25) is 0 Å². The number of alkyl halides is 3. The SMILES string of the molecule is C/C(=N\N(C=N)/C=C(/C(N)=O)c1cncnc1)c1cc(C(F)(F)F)cc(S(F)(F)(F)(F)F)c1. The molecule has 0 radical (unpaired) electrons. The number of aromatic nitrogens is 2. The zero-order valence-corrected chi connectivity index (χ0v) is 17.1. The van der Waals surface area contributed by atoms with Gasteiger partial charge < -0.3 is 5.73 Å². The van der Waals surface area contributed by atoms with E-state index in [1.165, 1.54) is 0 Å². The van der Waals surface area contributed by atoms with Crippen LogP contribution in [0, 0.1) is 5.41 Å². The van der Waals surface area contributed by atoms with Gasteiger partial charge in [0.05, 0.1) is 16.8 Å². The lowest BCUT2D eigenvalue weighted by Gasteiger charge is -2.41. The minimum Gasteiger partial charge on any atom is -0.366 e. The smallest absolute Gasteiger partial charge is 0.366 e. The Morgan fingerprint density at radius 3 is 2.12 bits per heavy atom. The van der Waals surface area contributed by atoms with Gasteiger partial charge in [-0.2, -0.15) is 18.3 Å². The van der Waals surface area contributed by atoms with E-state index in [0.717, 1.165) is 31.8 Å². The summed E-state index contributed by atoms with van der Waals surface area (Å²) in [6.45, 7) is 0.921. The fourth-order valence-electron chi connectivity index (χ4n) is 2.37. The zero-order chi connectivity index (χ0) is 25.3. The summed E-state index contributed by atoms with van der Waals surface area (Å²) in [5.74, 6) is -1.05. The third-order valence-corrected chi connectivity index (χ3v) is 5.02. The lowest BCUT2D eigenvalue weighted by atomic mass is 10.1. The number of hydrazone groups is 1. The van der Waals surface area contributed by atoms with Crippen molar-refractivity contribution in [1.82, 2.24) is 15.0 Å². The first-order chi connectivity index (χ1) is 14.8. The van der Waals surface area contributed by atoms with Gasteiger partial charge in [0.15, 0.2) is 0 Å². The van der Waals surface area contributed by atoms with E-state index in [1.807, 2.05) is 0 Å². The number of carbonyl (C=O) groups is 1. The van der Waals surface area contributed by atoms with Crippen molar-refractivity contribution in [3.8, 4) is 0 Å². The molecule has 0 saturated carbocycles. The number of primary amides is 1. The van der Waals surface area contributed by atoms with Gasteiger partial charge in [0, 0.05) is 24.2 Å². The quantitative estimate of drug-likeness (QED) is 0.176. The number of rotatable bonds is 7. The van der Waals surface area contributed by atoms with Crippen LogP contribution < -0.4 is 5.73 Å². The first-order valence-electron chi connectivity index (χ1n) is 8.39. The van der Waals surface area contributed by atoms with Crippen molar-refractivity contribution in [3.05, 3.63) is 59.8 Å². The van der Waals surface area contributed by atoms with Crippen LogP contribution in [-0.4, -0.2) is 32.9 Å². The average molecular weight is 502 g/mol. The van der Waals surface area contributed by atoms with Crippen LogP contribution in [0.4, 0.5) is 32.6 Å². The molecule has 0 bridgehead atoms. The summed E-state index contributed by atoms with van der Waals surface area (Å²) in [4.78, 5) is 16.3. The maximum absolute atomic E-state index is 13.2. The molecule has 2 rings (SSSR count). The maximum Gasteiger partial charge on any atom is 0.416 e. The molecule has 0 atom stereocenters. The van der Waals surface area contributed by atoms with Gasteiger partial charge in [0.1, 0.15) is 17.6 Å². The molecular formula is C17H14F8N6OS. The zero-order valence-electron chi connectivity index (χ0n) is 16.3. The molecule has 0 fully saturated rings. The number of hydrogen-bond donors (Lipinski definition) is 2. The molecule has 2 aromatic rings. The van der Waals surface area contributed by atoms with E-state index in [9.17, 15) is 37.4 Å². The molecule has 1 heterocycles. The number of carbonyl (C=O) groups excluding carboxylic acids is 1. The van der Waals surface area contributed by atoms with Crippen molar-refractivity contribution in [3.63, 3.8) is 0 Å². The molecule has 7 nitrogen and oxygen atoms in total. The Hall–Kier alpha value is -3.56. The predicted octanol–water partition coefficient (Wildman–Crippen LogP) is 5.31. The first kappa shape index (κ1) is 25.7. The molecule has 180 valence electrons.